The topological polar surface area (TPSA) is 108 Å². The molecule has 0 spiro atoms. The van der Waals surface area contributed by atoms with E-state index in [2.05, 4.69) is 31.4 Å². The lowest BCUT2D eigenvalue weighted by molar-refractivity contribution is -0.386. The molecule has 0 atom stereocenters. The van der Waals surface area contributed by atoms with Gasteiger partial charge in [0.05, 0.1) is 15.6 Å². The van der Waals surface area contributed by atoms with Gasteiger partial charge in [-0.15, -0.1) is 0 Å². The summed E-state index contributed by atoms with van der Waals surface area (Å²) in [4.78, 5) is 22.4. The zero-order valence-electron chi connectivity index (χ0n) is 12.8. The summed E-state index contributed by atoms with van der Waals surface area (Å²) in [5.74, 6) is -0.229. The number of hydrogen-bond donors (Lipinski definition) is 1. The molecule has 0 aromatic carbocycles. The number of aromatic nitrogens is 4. The molecule has 23 heavy (non-hydrogen) atoms. The van der Waals surface area contributed by atoms with E-state index in [4.69, 9.17) is 0 Å². The summed E-state index contributed by atoms with van der Waals surface area (Å²) in [6.07, 6.45) is 4.29. The first-order valence-corrected chi connectivity index (χ1v) is 7.81. The van der Waals surface area contributed by atoms with Gasteiger partial charge in [-0.1, -0.05) is 0 Å². The van der Waals surface area contributed by atoms with Crippen LogP contribution >= 0.6 is 15.9 Å². The van der Waals surface area contributed by atoms with Gasteiger partial charge in [0.1, 0.15) is 17.9 Å². The number of aryl methyl sites for hydroxylation is 2. The maximum atomic E-state index is 11.9. The zero-order valence-corrected chi connectivity index (χ0v) is 14.4. The van der Waals surface area contributed by atoms with Crippen molar-refractivity contribution in [1.29, 1.82) is 0 Å². The molecule has 2 aromatic heterocycles. The van der Waals surface area contributed by atoms with Crippen LogP contribution in [0.2, 0.25) is 0 Å². The third-order valence-electron chi connectivity index (χ3n) is 3.31. The van der Waals surface area contributed by atoms with Crippen molar-refractivity contribution in [3.05, 3.63) is 38.4 Å². The Bertz CT molecular complexity index is 723. The third kappa shape index (κ3) is 4.38. The molecular formula is C13H17BrN6O3. The molecular weight excluding hydrogens is 368 g/mol. The molecule has 2 heterocycles. The number of halogens is 1. The van der Waals surface area contributed by atoms with E-state index in [0.717, 1.165) is 10.9 Å². The van der Waals surface area contributed by atoms with E-state index in [9.17, 15) is 14.9 Å². The van der Waals surface area contributed by atoms with Crippen LogP contribution in [0.15, 0.2) is 16.9 Å². The van der Waals surface area contributed by atoms with Crippen molar-refractivity contribution in [3.8, 4) is 0 Å². The molecule has 0 aliphatic heterocycles. The van der Waals surface area contributed by atoms with Crippen LogP contribution in [0.3, 0.4) is 0 Å². The van der Waals surface area contributed by atoms with Gasteiger partial charge in [-0.05, 0) is 36.2 Å². The van der Waals surface area contributed by atoms with Crippen LogP contribution < -0.4 is 5.32 Å². The Hall–Kier alpha value is -2.23. The minimum atomic E-state index is -0.478. The van der Waals surface area contributed by atoms with E-state index in [1.807, 2.05) is 6.20 Å². The monoisotopic (exact) mass is 384 g/mol. The van der Waals surface area contributed by atoms with E-state index in [-0.39, 0.29) is 18.1 Å². The van der Waals surface area contributed by atoms with Crippen LogP contribution in [0.25, 0.3) is 0 Å². The van der Waals surface area contributed by atoms with Crippen LogP contribution in [0, 0.1) is 24.0 Å². The fraction of sp³-hybridized carbons (Fsp3) is 0.462. The summed E-state index contributed by atoms with van der Waals surface area (Å²) in [7, 11) is 0. The fourth-order valence-corrected chi connectivity index (χ4v) is 2.55. The Morgan fingerprint density at radius 3 is 2.78 bits per heavy atom. The standard InChI is InChI=1S/C13H17BrN6O3/c1-9-13(20(22)23)10(2)19(17-9)8-12(21)15-4-3-5-18-7-11(14)6-16-18/h6-7H,3-5,8H2,1-2H3,(H,15,21). The van der Waals surface area contributed by atoms with Crippen molar-refractivity contribution in [3.63, 3.8) is 0 Å². The predicted octanol–water partition coefficient (Wildman–Crippen LogP) is 1.57. The number of hydrogen-bond acceptors (Lipinski definition) is 5. The lowest BCUT2D eigenvalue weighted by atomic mass is 10.3. The van der Waals surface area contributed by atoms with Gasteiger partial charge in [-0.25, -0.2) is 0 Å². The molecule has 2 rings (SSSR count). The number of nitro groups is 1. The summed E-state index contributed by atoms with van der Waals surface area (Å²) in [5, 5.41) is 21.9. The number of nitrogens with zero attached hydrogens (tertiary/aromatic N) is 5. The Morgan fingerprint density at radius 2 is 2.22 bits per heavy atom. The summed E-state index contributed by atoms with van der Waals surface area (Å²) >= 11 is 3.32. The molecule has 0 fully saturated rings. The predicted molar refractivity (Wildman–Crippen MR) is 85.9 cm³/mol. The van der Waals surface area contributed by atoms with E-state index in [1.165, 1.54) is 4.68 Å². The third-order valence-corrected chi connectivity index (χ3v) is 3.72. The molecule has 0 saturated heterocycles. The Labute approximate surface area is 140 Å². The van der Waals surface area contributed by atoms with Gasteiger partial charge in [0, 0.05) is 19.3 Å². The normalized spacial score (nSPS) is 10.7. The van der Waals surface area contributed by atoms with E-state index in [1.54, 1.807) is 24.7 Å². The Balaban J connectivity index is 1.81. The molecule has 0 saturated carbocycles. The minimum absolute atomic E-state index is 0.0339. The van der Waals surface area contributed by atoms with Crippen LogP contribution in [0.5, 0.6) is 0 Å². The number of carbonyl (C=O) groups excluding carboxylic acids is 1. The molecule has 9 nitrogen and oxygen atoms in total. The summed E-state index contributed by atoms with van der Waals surface area (Å²) in [6, 6.07) is 0. The highest BCUT2D eigenvalue weighted by atomic mass is 79.9. The second-order valence-corrected chi connectivity index (χ2v) is 5.97. The van der Waals surface area contributed by atoms with Crippen molar-refractivity contribution in [2.24, 2.45) is 0 Å². The van der Waals surface area contributed by atoms with E-state index >= 15 is 0 Å². The van der Waals surface area contributed by atoms with Crippen LogP contribution in [-0.4, -0.2) is 36.9 Å². The summed E-state index contributed by atoms with van der Waals surface area (Å²) in [6.45, 7) is 4.30. The first-order valence-electron chi connectivity index (χ1n) is 7.01. The van der Waals surface area contributed by atoms with Crippen LogP contribution in [0.4, 0.5) is 5.69 Å². The largest absolute Gasteiger partial charge is 0.354 e. The number of amides is 1. The molecule has 0 unspecified atom stereocenters. The minimum Gasteiger partial charge on any atom is -0.354 e. The van der Waals surface area contributed by atoms with E-state index < -0.39 is 4.92 Å². The maximum Gasteiger partial charge on any atom is 0.312 e. The Kier molecular flexibility index (Phi) is 5.48. The first-order chi connectivity index (χ1) is 10.9. The molecule has 2 aromatic rings. The van der Waals surface area contributed by atoms with Crippen molar-refractivity contribution in [2.45, 2.75) is 33.4 Å². The van der Waals surface area contributed by atoms with Gasteiger partial charge in [-0.2, -0.15) is 10.2 Å². The second kappa shape index (κ2) is 7.36. The SMILES string of the molecule is Cc1nn(CC(=O)NCCCn2cc(Br)cn2)c(C)c1[N+](=O)[O-]. The highest BCUT2D eigenvalue weighted by Gasteiger charge is 2.22. The first kappa shape index (κ1) is 17.1. The van der Waals surface area contributed by atoms with Gasteiger partial charge in [0.2, 0.25) is 5.91 Å². The molecule has 1 N–H and O–H groups in total. The van der Waals surface area contributed by atoms with Crippen LogP contribution in [0.1, 0.15) is 17.8 Å². The van der Waals surface area contributed by atoms with Gasteiger partial charge in [0.25, 0.3) is 0 Å². The van der Waals surface area contributed by atoms with Crippen molar-refractivity contribution < 1.29 is 9.72 Å². The Morgan fingerprint density at radius 1 is 1.48 bits per heavy atom. The van der Waals surface area contributed by atoms with Gasteiger partial charge >= 0.3 is 5.69 Å². The van der Waals surface area contributed by atoms with Crippen molar-refractivity contribution in [2.75, 3.05) is 6.54 Å². The number of rotatable bonds is 7. The molecule has 0 bridgehead atoms. The molecule has 0 radical (unpaired) electrons. The van der Waals surface area contributed by atoms with Crippen LogP contribution in [-0.2, 0) is 17.9 Å². The zero-order chi connectivity index (χ0) is 17.0. The molecule has 10 heteroatoms. The molecule has 0 aliphatic rings. The number of nitrogens with one attached hydrogen (secondary N) is 1. The van der Waals surface area contributed by atoms with Gasteiger partial charge in [0.15, 0.2) is 0 Å². The highest BCUT2D eigenvalue weighted by molar-refractivity contribution is 9.10. The van der Waals surface area contributed by atoms with E-state index in [0.29, 0.717) is 24.5 Å². The maximum absolute atomic E-state index is 11.9. The molecule has 1 amide bonds. The van der Waals surface area contributed by atoms with Gasteiger partial charge < -0.3 is 5.32 Å². The highest BCUT2D eigenvalue weighted by Crippen LogP contribution is 2.21. The van der Waals surface area contributed by atoms with Gasteiger partial charge in [-0.3, -0.25) is 24.3 Å². The lowest BCUT2D eigenvalue weighted by Gasteiger charge is -2.06. The number of carbonyl (C=O) groups is 1. The quantitative estimate of drug-likeness (QED) is 0.442. The van der Waals surface area contributed by atoms with Crippen molar-refractivity contribution in [1.82, 2.24) is 24.9 Å². The van der Waals surface area contributed by atoms with Crippen molar-refractivity contribution >= 4 is 27.5 Å². The fourth-order valence-electron chi connectivity index (χ4n) is 2.23. The lowest BCUT2D eigenvalue weighted by Crippen LogP contribution is -2.29. The smallest absolute Gasteiger partial charge is 0.312 e. The second-order valence-electron chi connectivity index (χ2n) is 5.06. The summed E-state index contributed by atoms with van der Waals surface area (Å²) in [5.41, 5.74) is 0.649. The molecule has 0 aliphatic carbocycles. The average Bonchev–Trinajstić information content (AvgIpc) is 2.99. The average molecular weight is 385 g/mol. The molecule has 124 valence electrons. The summed E-state index contributed by atoms with van der Waals surface area (Å²) < 4.78 is 4.04.